The molecule has 3 aromatic rings. The van der Waals surface area contributed by atoms with E-state index in [0.717, 1.165) is 12.1 Å². The zero-order chi connectivity index (χ0) is 22.0. The minimum Gasteiger partial charge on any atom is -0.451 e. The summed E-state index contributed by atoms with van der Waals surface area (Å²) in [7, 11) is 0. The van der Waals surface area contributed by atoms with Crippen molar-refractivity contribution in [1.82, 2.24) is 9.88 Å². The lowest BCUT2D eigenvalue weighted by Gasteiger charge is -2.31. The Morgan fingerprint density at radius 3 is 2.81 bits per heavy atom. The molecule has 0 spiro atoms. The van der Waals surface area contributed by atoms with Crippen LogP contribution in [0.5, 0.6) is 0 Å². The molecule has 2 aromatic heterocycles. The van der Waals surface area contributed by atoms with Gasteiger partial charge in [-0.2, -0.15) is 13.2 Å². The van der Waals surface area contributed by atoms with Gasteiger partial charge in [-0.25, -0.2) is 4.98 Å². The molecule has 162 valence electrons. The lowest BCUT2D eigenvalue weighted by molar-refractivity contribution is -0.137. The first-order valence-electron chi connectivity index (χ1n) is 9.58. The molecule has 31 heavy (non-hydrogen) atoms. The van der Waals surface area contributed by atoms with E-state index in [1.807, 2.05) is 0 Å². The highest BCUT2D eigenvalue weighted by Crippen LogP contribution is 2.33. The number of aromatic nitrogens is 1. The topological polar surface area (TPSA) is 75.4 Å². The third-order valence-corrected chi connectivity index (χ3v) is 5.72. The zero-order valence-corrected chi connectivity index (χ0v) is 17.0. The van der Waals surface area contributed by atoms with Gasteiger partial charge >= 0.3 is 6.18 Å². The number of carbonyl (C=O) groups is 2. The van der Waals surface area contributed by atoms with Gasteiger partial charge in [0.1, 0.15) is 5.76 Å². The number of likely N-dealkylation sites (tertiary alicyclic amines) is 1. The van der Waals surface area contributed by atoms with Crippen LogP contribution in [0.25, 0.3) is 11.3 Å². The second-order valence-electron chi connectivity index (χ2n) is 7.16. The molecule has 1 aliphatic rings. The summed E-state index contributed by atoms with van der Waals surface area (Å²) in [6, 6.07) is 7.65. The lowest BCUT2D eigenvalue weighted by Crippen LogP contribution is -2.43. The summed E-state index contributed by atoms with van der Waals surface area (Å²) in [5, 5.41) is 5.01. The van der Waals surface area contributed by atoms with Crippen molar-refractivity contribution in [1.29, 1.82) is 0 Å². The van der Waals surface area contributed by atoms with Gasteiger partial charge in [0.2, 0.25) is 5.91 Å². The van der Waals surface area contributed by atoms with E-state index in [9.17, 15) is 22.8 Å². The number of benzene rings is 1. The monoisotopic (exact) mass is 449 g/mol. The molecule has 1 fully saturated rings. The van der Waals surface area contributed by atoms with E-state index in [4.69, 9.17) is 4.42 Å². The van der Waals surface area contributed by atoms with Crippen LogP contribution in [-0.4, -0.2) is 34.8 Å². The first-order valence-corrected chi connectivity index (χ1v) is 10.5. The van der Waals surface area contributed by atoms with Crippen molar-refractivity contribution in [3.8, 4) is 11.3 Å². The van der Waals surface area contributed by atoms with Crippen LogP contribution in [-0.2, 0) is 11.0 Å². The summed E-state index contributed by atoms with van der Waals surface area (Å²) in [4.78, 5) is 30.9. The van der Waals surface area contributed by atoms with Crippen molar-refractivity contribution < 1.29 is 27.2 Å². The molecule has 0 saturated carbocycles. The average molecular weight is 449 g/mol. The highest BCUT2D eigenvalue weighted by atomic mass is 32.1. The van der Waals surface area contributed by atoms with Gasteiger partial charge < -0.3 is 14.6 Å². The fourth-order valence-corrected chi connectivity index (χ4v) is 4.01. The second kappa shape index (κ2) is 8.54. The summed E-state index contributed by atoms with van der Waals surface area (Å²) in [6.07, 6.45) is -1.57. The molecule has 1 unspecified atom stereocenters. The first kappa shape index (κ1) is 21.1. The van der Waals surface area contributed by atoms with Crippen LogP contribution in [0.2, 0.25) is 0 Å². The van der Waals surface area contributed by atoms with Crippen LogP contribution in [0.15, 0.2) is 52.4 Å². The zero-order valence-electron chi connectivity index (χ0n) is 16.2. The third kappa shape index (κ3) is 4.79. The number of hydrogen-bond acceptors (Lipinski definition) is 5. The van der Waals surface area contributed by atoms with Crippen LogP contribution in [0.4, 0.5) is 18.3 Å². The summed E-state index contributed by atoms with van der Waals surface area (Å²) >= 11 is 1.31. The van der Waals surface area contributed by atoms with Gasteiger partial charge in [0, 0.05) is 30.2 Å². The van der Waals surface area contributed by atoms with E-state index in [1.165, 1.54) is 40.5 Å². The molecule has 1 N–H and O–H groups in total. The fraction of sp³-hybridized carbons (Fsp3) is 0.286. The molecule has 1 saturated heterocycles. The Labute approximate surface area is 179 Å². The van der Waals surface area contributed by atoms with E-state index in [0.29, 0.717) is 24.5 Å². The second-order valence-corrected chi connectivity index (χ2v) is 8.05. The Morgan fingerprint density at radius 1 is 1.23 bits per heavy atom. The van der Waals surface area contributed by atoms with Crippen LogP contribution in [0.1, 0.15) is 29.0 Å². The molecule has 10 heteroatoms. The largest absolute Gasteiger partial charge is 0.451 e. The molecule has 0 aliphatic carbocycles. The Morgan fingerprint density at radius 2 is 2.06 bits per heavy atom. The lowest BCUT2D eigenvalue weighted by atomic mass is 9.97. The Bertz CT molecular complexity index is 1080. The van der Waals surface area contributed by atoms with E-state index < -0.39 is 17.6 Å². The van der Waals surface area contributed by atoms with Crippen molar-refractivity contribution in [3.63, 3.8) is 0 Å². The molecular formula is C21H18F3N3O3S. The molecule has 2 amide bonds. The van der Waals surface area contributed by atoms with Crippen molar-refractivity contribution >= 4 is 28.3 Å². The number of nitrogens with zero attached hydrogens (tertiary/aromatic N) is 2. The van der Waals surface area contributed by atoms with Crippen molar-refractivity contribution in [2.45, 2.75) is 19.0 Å². The molecule has 3 heterocycles. The standard InChI is InChI=1S/C21H18F3N3O3S/c22-21(23,24)15-5-1-3-13(11-15)16-6-7-17(30-16)19(29)27-9-2-4-14(12-27)18(28)26-20-25-8-10-31-20/h1,3,5-8,10-11,14H,2,4,9,12H2,(H,25,26,28). The van der Waals surface area contributed by atoms with E-state index in [1.54, 1.807) is 11.6 Å². The van der Waals surface area contributed by atoms with Gasteiger partial charge in [0.25, 0.3) is 5.91 Å². The van der Waals surface area contributed by atoms with Gasteiger partial charge in [0.05, 0.1) is 11.5 Å². The molecule has 1 atom stereocenters. The number of furan rings is 1. The number of nitrogens with one attached hydrogen (secondary N) is 1. The molecule has 4 rings (SSSR count). The Balaban J connectivity index is 1.45. The Hall–Kier alpha value is -3.14. The quantitative estimate of drug-likeness (QED) is 0.614. The number of thiazole rings is 1. The van der Waals surface area contributed by atoms with Crippen molar-refractivity contribution in [2.24, 2.45) is 5.92 Å². The number of piperidine rings is 1. The number of hydrogen-bond donors (Lipinski definition) is 1. The number of alkyl halides is 3. The van der Waals surface area contributed by atoms with Gasteiger partial charge in [-0.1, -0.05) is 12.1 Å². The molecule has 6 nitrogen and oxygen atoms in total. The van der Waals surface area contributed by atoms with E-state index in [2.05, 4.69) is 10.3 Å². The third-order valence-electron chi connectivity index (χ3n) is 5.03. The molecule has 1 aliphatic heterocycles. The number of anilines is 1. The van der Waals surface area contributed by atoms with Gasteiger partial charge in [-0.3, -0.25) is 9.59 Å². The number of rotatable bonds is 4. The van der Waals surface area contributed by atoms with Gasteiger partial charge in [-0.15, -0.1) is 11.3 Å². The minimum atomic E-state index is -4.47. The van der Waals surface area contributed by atoms with Gasteiger partial charge in [0.15, 0.2) is 10.9 Å². The Kier molecular flexibility index (Phi) is 5.81. The normalized spacial score (nSPS) is 16.9. The van der Waals surface area contributed by atoms with Crippen LogP contribution in [0.3, 0.4) is 0 Å². The minimum absolute atomic E-state index is 0.0217. The maximum absolute atomic E-state index is 13.0. The number of halogens is 3. The van der Waals surface area contributed by atoms with Crippen LogP contribution in [0, 0.1) is 5.92 Å². The van der Waals surface area contributed by atoms with Crippen molar-refractivity contribution in [3.05, 3.63) is 59.3 Å². The van der Waals surface area contributed by atoms with E-state index >= 15 is 0 Å². The fourth-order valence-electron chi connectivity index (χ4n) is 3.48. The maximum Gasteiger partial charge on any atom is 0.416 e. The van der Waals surface area contributed by atoms with Gasteiger partial charge in [-0.05, 0) is 37.1 Å². The highest BCUT2D eigenvalue weighted by Gasteiger charge is 2.32. The molecule has 0 bridgehead atoms. The summed E-state index contributed by atoms with van der Waals surface area (Å²) < 4.78 is 44.4. The maximum atomic E-state index is 13.0. The average Bonchev–Trinajstić information content (AvgIpc) is 3.45. The predicted molar refractivity (Wildman–Crippen MR) is 109 cm³/mol. The van der Waals surface area contributed by atoms with Crippen LogP contribution < -0.4 is 5.32 Å². The molecule has 1 aromatic carbocycles. The smallest absolute Gasteiger partial charge is 0.416 e. The highest BCUT2D eigenvalue weighted by molar-refractivity contribution is 7.13. The molecular weight excluding hydrogens is 431 g/mol. The number of carbonyl (C=O) groups excluding carboxylic acids is 2. The predicted octanol–water partition coefficient (Wildman–Crippen LogP) is 4.91. The SMILES string of the molecule is O=C(Nc1nccs1)C1CCCN(C(=O)c2ccc(-c3cccc(C(F)(F)F)c3)o2)C1. The van der Waals surface area contributed by atoms with Crippen molar-refractivity contribution in [2.75, 3.05) is 18.4 Å². The first-order chi connectivity index (χ1) is 14.8. The van der Waals surface area contributed by atoms with E-state index in [-0.39, 0.29) is 35.5 Å². The molecule has 0 radical (unpaired) electrons. The summed E-state index contributed by atoms with van der Waals surface area (Å²) in [5.41, 5.74) is -0.562. The number of amides is 2. The van der Waals surface area contributed by atoms with Crippen LogP contribution >= 0.6 is 11.3 Å². The summed E-state index contributed by atoms with van der Waals surface area (Å²) in [6.45, 7) is 0.703. The summed E-state index contributed by atoms with van der Waals surface area (Å²) in [5.74, 6) is -0.779.